The summed E-state index contributed by atoms with van der Waals surface area (Å²) in [7, 11) is 1.96. The monoisotopic (exact) mass is 174 g/mol. The van der Waals surface area contributed by atoms with Gasteiger partial charge in [0.25, 0.3) is 0 Å². The average Bonchev–Trinajstić information content (AvgIpc) is 2.11. The molecule has 0 fully saturated rings. The topological polar surface area (TPSA) is 15.3 Å². The smallest absolute Gasteiger partial charge is 0.177 e. The largest absolute Gasteiger partial charge is 0.354 e. The fourth-order valence-corrected chi connectivity index (χ4v) is 1.12. The van der Waals surface area contributed by atoms with E-state index in [4.69, 9.17) is 11.6 Å². The first-order chi connectivity index (χ1) is 4.91. The summed E-state index contributed by atoms with van der Waals surface area (Å²) in [4.78, 5) is 1.96. The van der Waals surface area contributed by atoms with Crippen molar-refractivity contribution in [3.8, 4) is 0 Å². The summed E-state index contributed by atoms with van der Waals surface area (Å²) in [5.74, 6) is 0. The Balaban J connectivity index is 2.71. The summed E-state index contributed by atoms with van der Waals surface area (Å²) in [6.45, 7) is 6.48. The summed E-state index contributed by atoms with van der Waals surface area (Å²) in [5, 5.41) is 3.20. The summed E-state index contributed by atoms with van der Waals surface area (Å²) < 4.78 is 0. The molecule has 0 saturated heterocycles. The van der Waals surface area contributed by atoms with Crippen molar-refractivity contribution >= 4 is 11.6 Å². The van der Waals surface area contributed by atoms with E-state index in [1.54, 1.807) is 0 Å². The van der Waals surface area contributed by atoms with Crippen LogP contribution in [0, 0.1) is 5.41 Å². The van der Waals surface area contributed by atoms with Crippen LogP contribution in [0.5, 0.6) is 0 Å². The third-order valence-corrected chi connectivity index (χ3v) is 2.19. The highest BCUT2D eigenvalue weighted by Crippen LogP contribution is 2.27. The van der Waals surface area contributed by atoms with Gasteiger partial charge in [0.15, 0.2) is 5.62 Å². The number of hydrogen-bond donors (Lipinski definition) is 1. The molecule has 0 amide bonds. The predicted octanol–water partition coefficient (Wildman–Crippen LogP) is 1.93. The van der Waals surface area contributed by atoms with Gasteiger partial charge in [0.2, 0.25) is 0 Å². The SMILES string of the molecule is CN1C=C(C(C)(C)C)NC1Cl. The number of nitrogens with zero attached hydrogens (tertiary/aromatic N) is 1. The fourth-order valence-electron chi connectivity index (χ4n) is 0.947. The molecule has 1 N–H and O–H groups in total. The molecular weight excluding hydrogens is 160 g/mol. The molecule has 0 aromatic carbocycles. The summed E-state index contributed by atoms with van der Waals surface area (Å²) in [6.07, 6.45) is 2.05. The van der Waals surface area contributed by atoms with Gasteiger partial charge in [0.05, 0.1) is 0 Å². The maximum atomic E-state index is 5.93. The van der Waals surface area contributed by atoms with Crippen LogP contribution in [0.4, 0.5) is 0 Å². The zero-order valence-corrected chi connectivity index (χ0v) is 8.24. The van der Waals surface area contributed by atoms with Gasteiger partial charge in [-0.1, -0.05) is 32.4 Å². The maximum absolute atomic E-state index is 5.93. The van der Waals surface area contributed by atoms with Crippen LogP contribution in [0.15, 0.2) is 11.9 Å². The Bertz CT molecular complexity index is 181. The first-order valence-corrected chi connectivity index (χ1v) is 4.20. The molecule has 0 radical (unpaired) electrons. The zero-order chi connectivity index (χ0) is 8.65. The summed E-state index contributed by atoms with van der Waals surface area (Å²) >= 11 is 5.93. The van der Waals surface area contributed by atoms with Crippen molar-refractivity contribution in [2.24, 2.45) is 5.41 Å². The van der Waals surface area contributed by atoms with Gasteiger partial charge in [-0.25, -0.2) is 0 Å². The van der Waals surface area contributed by atoms with Gasteiger partial charge in [-0.15, -0.1) is 0 Å². The minimum Gasteiger partial charge on any atom is -0.354 e. The van der Waals surface area contributed by atoms with E-state index in [1.165, 1.54) is 5.70 Å². The molecule has 1 rings (SSSR count). The molecule has 0 saturated carbocycles. The Morgan fingerprint density at radius 2 is 2.09 bits per heavy atom. The van der Waals surface area contributed by atoms with Crippen molar-refractivity contribution in [1.29, 1.82) is 0 Å². The number of hydrogen-bond acceptors (Lipinski definition) is 2. The maximum Gasteiger partial charge on any atom is 0.177 e. The highest BCUT2D eigenvalue weighted by molar-refractivity contribution is 6.20. The van der Waals surface area contributed by atoms with Crippen molar-refractivity contribution < 1.29 is 0 Å². The lowest BCUT2D eigenvalue weighted by atomic mass is 9.93. The molecule has 11 heavy (non-hydrogen) atoms. The van der Waals surface area contributed by atoms with E-state index in [0.29, 0.717) is 0 Å². The Hall–Kier alpha value is -0.370. The van der Waals surface area contributed by atoms with Crippen molar-refractivity contribution in [3.63, 3.8) is 0 Å². The van der Waals surface area contributed by atoms with E-state index in [2.05, 4.69) is 32.3 Å². The third kappa shape index (κ3) is 1.80. The second kappa shape index (κ2) is 2.59. The lowest BCUT2D eigenvalue weighted by molar-refractivity contribution is 0.413. The fraction of sp³-hybridized carbons (Fsp3) is 0.750. The Labute approximate surface area is 73.2 Å². The molecule has 1 atom stereocenters. The number of allylic oxidation sites excluding steroid dienone is 1. The zero-order valence-electron chi connectivity index (χ0n) is 7.48. The van der Waals surface area contributed by atoms with Crippen molar-refractivity contribution in [2.45, 2.75) is 26.4 Å². The number of nitrogens with one attached hydrogen (secondary N) is 1. The van der Waals surface area contributed by atoms with Gasteiger partial charge < -0.3 is 10.2 Å². The molecule has 0 aliphatic carbocycles. The van der Waals surface area contributed by atoms with Gasteiger partial charge in [-0.2, -0.15) is 0 Å². The van der Waals surface area contributed by atoms with E-state index in [1.807, 2.05) is 11.9 Å². The molecule has 0 bridgehead atoms. The molecule has 1 heterocycles. The Morgan fingerprint density at radius 3 is 2.27 bits per heavy atom. The first kappa shape index (κ1) is 8.72. The summed E-state index contributed by atoms with van der Waals surface area (Å²) in [6, 6.07) is 0. The van der Waals surface area contributed by atoms with Crippen LogP contribution in [-0.2, 0) is 0 Å². The minimum atomic E-state index is -0.0794. The van der Waals surface area contributed by atoms with Crippen molar-refractivity contribution in [2.75, 3.05) is 7.05 Å². The van der Waals surface area contributed by atoms with Crippen LogP contribution in [0.3, 0.4) is 0 Å². The molecule has 1 aliphatic heterocycles. The highest BCUT2D eigenvalue weighted by Gasteiger charge is 2.26. The first-order valence-electron chi connectivity index (χ1n) is 3.76. The van der Waals surface area contributed by atoms with Crippen LogP contribution >= 0.6 is 11.6 Å². The quantitative estimate of drug-likeness (QED) is 0.446. The molecule has 3 heteroatoms. The Kier molecular flexibility index (Phi) is 2.06. The van der Waals surface area contributed by atoms with E-state index < -0.39 is 0 Å². The van der Waals surface area contributed by atoms with Crippen LogP contribution < -0.4 is 5.32 Å². The predicted molar refractivity (Wildman–Crippen MR) is 48.1 cm³/mol. The second-order valence-corrected chi connectivity index (χ2v) is 4.35. The molecule has 0 aromatic heterocycles. The average molecular weight is 175 g/mol. The highest BCUT2D eigenvalue weighted by atomic mass is 35.5. The molecule has 1 aliphatic rings. The molecule has 0 aromatic rings. The third-order valence-electron chi connectivity index (χ3n) is 1.77. The second-order valence-electron chi connectivity index (χ2n) is 3.94. The van der Waals surface area contributed by atoms with Gasteiger partial charge in [-0.05, 0) is 0 Å². The molecule has 1 unspecified atom stereocenters. The van der Waals surface area contributed by atoms with Crippen molar-refractivity contribution in [3.05, 3.63) is 11.9 Å². The van der Waals surface area contributed by atoms with Gasteiger partial charge in [-0.3, -0.25) is 0 Å². The number of halogens is 1. The number of alkyl halides is 1. The van der Waals surface area contributed by atoms with E-state index in [0.717, 1.165) is 0 Å². The van der Waals surface area contributed by atoms with Crippen LogP contribution in [-0.4, -0.2) is 17.6 Å². The molecule has 0 spiro atoms. The summed E-state index contributed by atoms with van der Waals surface area (Å²) in [5.41, 5.74) is 1.28. The van der Waals surface area contributed by atoms with Gasteiger partial charge in [0, 0.05) is 24.4 Å². The molecular formula is C8H15ClN2. The normalized spacial score (nSPS) is 25.0. The lowest BCUT2D eigenvalue weighted by Gasteiger charge is -2.20. The molecule has 64 valence electrons. The Morgan fingerprint density at radius 1 is 1.55 bits per heavy atom. The van der Waals surface area contributed by atoms with Crippen LogP contribution in [0.25, 0.3) is 0 Å². The van der Waals surface area contributed by atoms with Crippen molar-refractivity contribution in [1.82, 2.24) is 10.2 Å². The van der Waals surface area contributed by atoms with Crippen LogP contribution in [0.1, 0.15) is 20.8 Å². The molecule has 2 nitrogen and oxygen atoms in total. The number of rotatable bonds is 0. The minimum absolute atomic E-state index is 0.0794. The van der Waals surface area contributed by atoms with E-state index in [-0.39, 0.29) is 11.0 Å². The van der Waals surface area contributed by atoms with Gasteiger partial charge in [0.1, 0.15) is 0 Å². The van der Waals surface area contributed by atoms with Gasteiger partial charge >= 0.3 is 0 Å². The standard InChI is InChI=1S/C8H15ClN2/c1-8(2,3)6-5-11(4)7(9)10-6/h5,7,10H,1-4H3. The van der Waals surface area contributed by atoms with Crippen LogP contribution in [0.2, 0.25) is 0 Å². The lowest BCUT2D eigenvalue weighted by Crippen LogP contribution is -2.30. The van der Waals surface area contributed by atoms with E-state index >= 15 is 0 Å². The van der Waals surface area contributed by atoms with E-state index in [9.17, 15) is 0 Å².